The lowest BCUT2D eigenvalue weighted by Crippen LogP contribution is -2.38. The summed E-state index contributed by atoms with van der Waals surface area (Å²) in [6.07, 6.45) is 1.36. The molecule has 2 aromatic rings. The number of carbonyl (C=O) groups excluding carboxylic acids is 2. The van der Waals surface area contributed by atoms with Crippen molar-refractivity contribution in [2.24, 2.45) is 20.0 Å². The van der Waals surface area contributed by atoms with Gasteiger partial charge < -0.3 is 14.6 Å². The van der Waals surface area contributed by atoms with Gasteiger partial charge in [-0.05, 0) is 12.8 Å². The van der Waals surface area contributed by atoms with Crippen molar-refractivity contribution in [3.8, 4) is 0 Å². The molecule has 2 rings (SSSR count). The zero-order valence-electron chi connectivity index (χ0n) is 16.2. The van der Waals surface area contributed by atoms with Crippen LogP contribution in [0.3, 0.4) is 0 Å². The molecule has 0 bridgehead atoms. The van der Waals surface area contributed by atoms with Crippen molar-refractivity contribution >= 4 is 23.0 Å². The number of hydrogen-bond donors (Lipinski definition) is 1. The molecule has 0 fully saturated rings. The quantitative estimate of drug-likeness (QED) is 0.650. The molecule has 10 nitrogen and oxygen atoms in total. The summed E-state index contributed by atoms with van der Waals surface area (Å²) < 4.78 is 8.72. The molecule has 0 aromatic carbocycles. The molecule has 1 unspecified atom stereocenters. The third kappa shape index (κ3) is 4.44. The first kappa shape index (κ1) is 20.4. The summed E-state index contributed by atoms with van der Waals surface area (Å²) in [5, 5.41) is 2.75. The van der Waals surface area contributed by atoms with Gasteiger partial charge in [0.25, 0.3) is 11.5 Å². The normalized spacial score (nSPS) is 12.4. The van der Waals surface area contributed by atoms with Gasteiger partial charge in [-0.2, -0.15) is 0 Å². The molecule has 2 heterocycles. The number of imidazole rings is 1. The molecule has 1 N–H and O–H groups in total. The Balaban J connectivity index is 1.99. The van der Waals surface area contributed by atoms with E-state index in [1.165, 1.54) is 29.6 Å². The number of carbonyl (C=O) groups is 2. The van der Waals surface area contributed by atoms with Gasteiger partial charge in [-0.1, -0.05) is 13.8 Å². The van der Waals surface area contributed by atoms with Crippen LogP contribution in [0.25, 0.3) is 11.2 Å². The molecule has 1 atom stereocenters. The van der Waals surface area contributed by atoms with E-state index in [9.17, 15) is 19.2 Å². The van der Waals surface area contributed by atoms with E-state index in [4.69, 9.17) is 4.74 Å². The highest BCUT2D eigenvalue weighted by molar-refractivity contribution is 5.80. The predicted octanol–water partition coefficient (Wildman–Crippen LogP) is -0.472. The molecular formula is C17H25N5O5. The van der Waals surface area contributed by atoms with Crippen molar-refractivity contribution in [3.63, 3.8) is 0 Å². The number of hydrogen-bond acceptors (Lipinski definition) is 6. The maximum Gasteiger partial charge on any atom is 0.332 e. The highest BCUT2D eigenvalue weighted by Crippen LogP contribution is 2.06. The van der Waals surface area contributed by atoms with Crippen LogP contribution in [-0.4, -0.2) is 43.2 Å². The topological polar surface area (TPSA) is 117 Å². The van der Waals surface area contributed by atoms with Gasteiger partial charge in [-0.3, -0.25) is 23.5 Å². The number of rotatable bonds is 7. The maximum absolute atomic E-state index is 12.3. The first-order chi connectivity index (χ1) is 12.6. The van der Waals surface area contributed by atoms with Crippen LogP contribution < -0.4 is 16.6 Å². The number of amides is 1. The fraction of sp³-hybridized carbons (Fsp3) is 0.588. The van der Waals surface area contributed by atoms with E-state index in [0.29, 0.717) is 0 Å². The van der Waals surface area contributed by atoms with Gasteiger partial charge in [-0.25, -0.2) is 9.78 Å². The molecule has 0 radical (unpaired) electrons. The fourth-order valence-electron chi connectivity index (χ4n) is 2.46. The highest BCUT2D eigenvalue weighted by atomic mass is 16.5. The van der Waals surface area contributed by atoms with Gasteiger partial charge in [0.15, 0.2) is 17.8 Å². The molecule has 0 saturated heterocycles. The lowest BCUT2D eigenvalue weighted by atomic mass is 10.1. The fourth-order valence-corrected chi connectivity index (χ4v) is 2.46. The standard InChI is InChI=1S/C17H25N5O5/c1-10(2)11(3)19-12(23)8-27-13(24)6-7-22-9-18-15-14(22)16(25)21(5)17(26)20(15)4/h9-11H,6-8H2,1-5H3,(H,19,23). The van der Waals surface area contributed by atoms with E-state index in [-0.39, 0.29) is 48.6 Å². The lowest BCUT2D eigenvalue weighted by Gasteiger charge is -2.17. The summed E-state index contributed by atoms with van der Waals surface area (Å²) in [5.41, 5.74) is -0.478. The SMILES string of the molecule is CC(C)C(C)NC(=O)COC(=O)CCn1cnc2c1c(=O)n(C)c(=O)n2C. The molecule has 10 heteroatoms. The van der Waals surface area contributed by atoms with Gasteiger partial charge in [0.05, 0.1) is 12.7 Å². The second-order valence-electron chi connectivity index (χ2n) is 6.83. The number of ether oxygens (including phenoxy) is 1. The molecule has 1 amide bonds. The van der Waals surface area contributed by atoms with Crippen LogP contribution in [0, 0.1) is 5.92 Å². The minimum absolute atomic E-state index is 0.0172. The molecule has 148 valence electrons. The van der Waals surface area contributed by atoms with Crippen LogP contribution in [0.4, 0.5) is 0 Å². The zero-order chi connectivity index (χ0) is 20.3. The van der Waals surface area contributed by atoms with E-state index in [0.717, 1.165) is 4.57 Å². The number of esters is 1. The van der Waals surface area contributed by atoms with Crippen molar-refractivity contribution in [2.45, 2.75) is 39.8 Å². The van der Waals surface area contributed by atoms with Gasteiger partial charge >= 0.3 is 11.7 Å². The second kappa shape index (κ2) is 8.19. The predicted molar refractivity (Wildman–Crippen MR) is 98.2 cm³/mol. The van der Waals surface area contributed by atoms with Crippen LogP contribution in [0.15, 0.2) is 15.9 Å². The highest BCUT2D eigenvalue weighted by Gasteiger charge is 2.16. The Labute approximate surface area is 155 Å². The monoisotopic (exact) mass is 379 g/mol. The Morgan fingerprint density at radius 2 is 1.85 bits per heavy atom. The molecule has 0 spiro atoms. The Bertz CT molecular complexity index is 968. The van der Waals surface area contributed by atoms with Gasteiger partial charge in [-0.15, -0.1) is 0 Å². The summed E-state index contributed by atoms with van der Waals surface area (Å²) in [4.78, 5) is 51.9. The minimum atomic E-state index is -0.564. The van der Waals surface area contributed by atoms with E-state index in [1.54, 1.807) is 0 Å². The number of aryl methyl sites for hydroxylation is 2. The van der Waals surface area contributed by atoms with E-state index < -0.39 is 17.2 Å². The molecule has 0 aliphatic carbocycles. The van der Waals surface area contributed by atoms with Crippen LogP contribution in [0.2, 0.25) is 0 Å². The lowest BCUT2D eigenvalue weighted by molar-refractivity contribution is -0.149. The average Bonchev–Trinajstić information content (AvgIpc) is 3.05. The van der Waals surface area contributed by atoms with Crippen molar-refractivity contribution in [1.29, 1.82) is 0 Å². The Morgan fingerprint density at radius 1 is 1.19 bits per heavy atom. The molecule has 0 aliphatic rings. The molecule has 27 heavy (non-hydrogen) atoms. The van der Waals surface area contributed by atoms with E-state index in [2.05, 4.69) is 10.3 Å². The van der Waals surface area contributed by atoms with Crippen LogP contribution in [0.5, 0.6) is 0 Å². The smallest absolute Gasteiger partial charge is 0.332 e. The first-order valence-electron chi connectivity index (χ1n) is 8.69. The zero-order valence-corrected chi connectivity index (χ0v) is 16.2. The van der Waals surface area contributed by atoms with E-state index >= 15 is 0 Å². The Kier molecular flexibility index (Phi) is 6.19. The number of fused-ring (bicyclic) bond motifs is 1. The Morgan fingerprint density at radius 3 is 2.48 bits per heavy atom. The second-order valence-corrected chi connectivity index (χ2v) is 6.83. The third-order valence-corrected chi connectivity index (χ3v) is 4.53. The largest absolute Gasteiger partial charge is 0.456 e. The van der Waals surface area contributed by atoms with Crippen molar-refractivity contribution in [1.82, 2.24) is 24.0 Å². The van der Waals surface area contributed by atoms with Gasteiger partial charge in [0.2, 0.25) is 0 Å². The summed E-state index contributed by atoms with van der Waals surface area (Å²) in [7, 11) is 2.90. The molecule has 0 saturated carbocycles. The van der Waals surface area contributed by atoms with E-state index in [1.807, 2.05) is 20.8 Å². The first-order valence-corrected chi connectivity index (χ1v) is 8.69. The summed E-state index contributed by atoms with van der Waals surface area (Å²) in [6, 6.07) is -0.0172. The van der Waals surface area contributed by atoms with Gasteiger partial charge in [0, 0.05) is 26.7 Å². The third-order valence-electron chi connectivity index (χ3n) is 4.53. The number of nitrogens with zero attached hydrogens (tertiary/aromatic N) is 4. The molecular weight excluding hydrogens is 354 g/mol. The number of nitrogens with one attached hydrogen (secondary N) is 1. The van der Waals surface area contributed by atoms with Crippen LogP contribution in [-0.2, 0) is 35.0 Å². The molecule has 2 aromatic heterocycles. The van der Waals surface area contributed by atoms with Gasteiger partial charge in [0.1, 0.15) is 0 Å². The maximum atomic E-state index is 12.3. The Hall–Kier alpha value is -2.91. The van der Waals surface area contributed by atoms with Crippen molar-refractivity contribution in [2.75, 3.05) is 6.61 Å². The summed E-state index contributed by atoms with van der Waals surface area (Å²) in [6.45, 7) is 5.63. The minimum Gasteiger partial charge on any atom is -0.456 e. The number of aromatic nitrogens is 4. The average molecular weight is 379 g/mol. The summed E-state index contributed by atoms with van der Waals surface area (Å²) >= 11 is 0. The van der Waals surface area contributed by atoms with Crippen LogP contribution in [0.1, 0.15) is 27.2 Å². The molecule has 0 aliphatic heterocycles. The van der Waals surface area contributed by atoms with Crippen LogP contribution >= 0.6 is 0 Å². The van der Waals surface area contributed by atoms with Crippen molar-refractivity contribution < 1.29 is 14.3 Å². The summed E-state index contributed by atoms with van der Waals surface area (Å²) in [5.74, 6) is -0.648. The van der Waals surface area contributed by atoms with Crippen molar-refractivity contribution in [3.05, 3.63) is 27.2 Å².